The van der Waals surface area contributed by atoms with Crippen LogP contribution in [-0.2, 0) is 13.1 Å². The first-order valence-electron chi connectivity index (χ1n) is 6.16. The smallest absolute Gasteiger partial charge is 0.0739 e. The maximum Gasteiger partial charge on any atom is 0.0739 e. The van der Waals surface area contributed by atoms with E-state index in [4.69, 9.17) is 5.11 Å². The molecule has 0 amide bonds. The summed E-state index contributed by atoms with van der Waals surface area (Å²) in [5.74, 6) is 0. The number of aliphatic hydroxyl groups is 1. The normalized spacial score (nSPS) is 13.0. The second kappa shape index (κ2) is 7.13. The minimum Gasteiger partial charge on any atom is -0.393 e. The fourth-order valence-electron chi connectivity index (χ4n) is 1.77. The van der Waals surface area contributed by atoms with Gasteiger partial charge in [0.15, 0.2) is 0 Å². The number of hydrogen-bond acceptors (Lipinski definition) is 3. The average Bonchev–Trinajstić information content (AvgIpc) is 2.55. The second-order valence-corrected chi connectivity index (χ2v) is 5.12. The van der Waals surface area contributed by atoms with Crippen LogP contribution < -0.4 is 5.32 Å². The molecule has 0 fully saturated rings. The highest BCUT2D eigenvalue weighted by atomic mass is 79.9. The topological polar surface area (TPSA) is 50.1 Å². The molecule has 0 saturated carbocycles. The van der Waals surface area contributed by atoms with E-state index in [2.05, 4.69) is 33.3 Å². The quantitative estimate of drug-likeness (QED) is 0.760. The Kier molecular flexibility index (Phi) is 6.16. The first-order valence-corrected chi connectivity index (χ1v) is 6.96. The Hall–Kier alpha value is -0.390. The van der Waals surface area contributed by atoms with Crippen LogP contribution in [0, 0.1) is 6.92 Å². The molecule has 0 saturated heterocycles. The van der Waals surface area contributed by atoms with Gasteiger partial charge >= 0.3 is 0 Å². The molecule has 1 aromatic heterocycles. The van der Waals surface area contributed by atoms with E-state index in [0.717, 1.165) is 42.6 Å². The Balaban J connectivity index is 2.41. The van der Waals surface area contributed by atoms with E-state index in [1.165, 1.54) is 5.69 Å². The second-order valence-electron chi connectivity index (χ2n) is 4.33. The van der Waals surface area contributed by atoms with Gasteiger partial charge in [-0.3, -0.25) is 4.68 Å². The lowest BCUT2D eigenvalue weighted by molar-refractivity contribution is 0.181. The van der Waals surface area contributed by atoms with Gasteiger partial charge in [0.1, 0.15) is 0 Å². The molecule has 1 heterocycles. The van der Waals surface area contributed by atoms with Crippen LogP contribution in [-0.4, -0.2) is 27.5 Å². The third-order valence-corrected chi connectivity index (χ3v) is 3.75. The van der Waals surface area contributed by atoms with Crippen molar-refractivity contribution >= 4 is 15.9 Å². The first-order chi connectivity index (χ1) is 8.06. The molecular weight excluding hydrogens is 282 g/mol. The summed E-state index contributed by atoms with van der Waals surface area (Å²) in [6, 6.07) is 0. The average molecular weight is 304 g/mol. The van der Waals surface area contributed by atoms with Crippen LogP contribution in [0.5, 0.6) is 0 Å². The van der Waals surface area contributed by atoms with E-state index >= 15 is 0 Å². The van der Waals surface area contributed by atoms with Crippen LogP contribution in [0.25, 0.3) is 0 Å². The summed E-state index contributed by atoms with van der Waals surface area (Å²) >= 11 is 3.57. The molecule has 1 aromatic rings. The number of aryl methyl sites for hydroxylation is 2. The van der Waals surface area contributed by atoms with Gasteiger partial charge in [-0.05, 0) is 56.1 Å². The number of nitrogens with zero attached hydrogens (tertiary/aromatic N) is 2. The predicted molar refractivity (Wildman–Crippen MR) is 73.0 cm³/mol. The van der Waals surface area contributed by atoms with E-state index < -0.39 is 0 Å². The van der Waals surface area contributed by atoms with Crippen molar-refractivity contribution in [3.05, 3.63) is 15.9 Å². The summed E-state index contributed by atoms with van der Waals surface area (Å²) in [5.41, 5.74) is 2.23. The van der Waals surface area contributed by atoms with Crippen molar-refractivity contribution in [3.63, 3.8) is 0 Å². The van der Waals surface area contributed by atoms with Gasteiger partial charge < -0.3 is 10.4 Å². The molecule has 0 bridgehead atoms. The van der Waals surface area contributed by atoms with Crippen LogP contribution in [0.3, 0.4) is 0 Å². The molecule has 2 N–H and O–H groups in total. The first kappa shape index (κ1) is 14.7. The van der Waals surface area contributed by atoms with Gasteiger partial charge in [0.05, 0.1) is 22.0 Å². The van der Waals surface area contributed by atoms with Gasteiger partial charge in [-0.15, -0.1) is 0 Å². The molecule has 5 heteroatoms. The van der Waals surface area contributed by atoms with Crippen molar-refractivity contribution in [1.29, 1.82) is 0 Å². The third-order valence-electron chi connectivity index (χ3n) is 2.72. The van der Waals surface area contributed by atoms with E-state index in [-0.39, 0.29) is 6.10 Å². The molecule has 0 spiro atoms. The number of nitrogens with one attached hydrogen (secondary N) is 1. The molecule has 0 radical (unpaired) electrons. The number of aliphatic hydroxyl groups excluding tert-OH is 1. The molecule has 98 valence electrons. The van der Waals surface area contributed by atoms with Gasteiger partial charge in [-0.25, -0.2) is 0 Å². The van der Waals surface area contributed by atoms with Gasteiger partial charge in [-0.1, -0.05) is 0 Å². The molecule has 0 aromatic carbocycles. The molecule has 1 rings (SSSR count). The highest BCUT2D eigenvalue weighted by molar-refractivity contribution is 9.10. The van der Waals surface area contributed by atoms with E-state index in [0.29, 0.717) is 0 Å². The molecule has 4 nitrogen and oxygen atoms in total. The van der Waals surface area contributed by atoms with Gasteiger partial charge in [0.25, 0.3) is 0 Å². The lowest BCUT2D eigenvalue weighted by atomic mass is 10.2. The number of rotatable bonds is 7. The molecule has 0 aliphatic carbocycles. The monoisotopic (exact) mass is 303 g/mol. The SMILES string of the molecule is CCn1nc(C)c(Br)c1CNCCCC(C)O. The number of hydrogen-bond donors (Lipinski definition) is 2. The zero-order valence-corrected chi connectivity index (χ0v) is 12.4. The predicted octanol–water partition coefficient (Wildman–Crippen LogP) is 2.22. The minimum absolute atomic E-state index is 0.202. The van der Waals surface area contributed by atoms with Crippen molar-refractivity contribution < 1.29 is 5.11 Å². The summed E-state index contributed by atoms with van der Waals surface area (Å²) in [6.07, 6.45) is 1.64. The van der Waals surface area contributed by atoms with Crippen LogP contribution in [0.1, 0.15) is 38.1 Å². The molecule has 0 aliphatic rings. The lowest BCUT2D eigenvalue weighted by Crippen LogP contribution is -2.19. The maximum atomic E-state index is 9.15. The maximum absolute atomic E-state index is 9.15. The van der Waals surface area contributed by atoms with Crippen LogP contribution in [0.15, 0.2) is 4.47 Å². The van der Waals surface area contributed by atoms with Crippen molar-refractivity contribution in [3.8, 4) is 0 Å². The zero-order chi connectivity index (χ0) is 12.8. The highest BCUT2D eigenvalue weighted by Gasteiger charge is 2.10. The van der Waals surface area contributed by atoms with E-state index in [9.17, 15) is 0 Å². The lowest BCUT2D eigenvalue weighted by Gasteiger charge is -2.08. The number of halogens is 1. The Bertz CT molecular complexity index is 350. The van der Waals surface area contributed by atoms with Crippen molar-refractivity contribution in [2.45, 2.75) is 52.8 Å². The molecule has 17 heavy (non-hydrogen) atoms. The molecule has 1 unspecified atom stereocenters. The third kappa shape index (κ3) is 4.41. The fourth-order valence-corrected chi connectivity index (χ4v) is 2.19. The fraction of sp³-hybridized carbons (Fsp3) is 0.750. The van der Waals surface area contributed by atoms with Crippen molar-refractivity contribution in [1.82, 2.24) is 15.1 Å². The van der Waals surface area contributed by atoms with Gasteiger partial charge in [-0.2, -0.15) is 5.10 Å². The molecular formula is C12H22BrN3O. The zero-order valence-electron chi connectivity index (χ0n) is 10.8. The number of aromatic nitrogens is 2. The highest BCUT2D eigenvalue weighted by Crippen LogP contribution is 2.20. The Morgan fingerprint density at radius 2 is 2.24 bits per heavy atom. The van der Waals surface area contributed by atoms with Crippen molar-refractivity contribution in [2.24, 2.45) is 0 Å². The molecule has 0 aliphatic heterocycles. The Labute approximate surface area is 112 Å². The Morgan fingerprint density at radius 3 is 2.82 bits per heavy atom. The largest absolute Gasteiger partial charge is 0.393 e. The van der Waals surface area contributed by atoms with Gasteiger partial charge in [0.2, 0.25) is 0 Å². The van der Waals surface area contributed by atoms with Crippen LogP contribution in [0.4, 0.5) is 0 Å². The minimum atomic E-state index is -0.202. The summed E-state index contributed by atoms with van der Waals surface area (Å²) < 4.78 is 3.11. The summed E-state index contributed by atoms with van der Waals surface area (Å²) in [7, 11) is 0. The molecule has 1 atom stereocenters. The van der Waals surface area contributed by atoms with Crippen LogP contribution >= 0.6 is 15.9 Å². The van der Waals surface area contributed by atoms with Crippen LogP contribution in [0.2, 0.25) is 0 Å². The van der Waals surface area contributed by atoms with Crippen molar-refractivity contribution in [2.75, 3.05) is 6.54 Å². The van der Waals surface area contributed by atoms with Gasteiger partial charge in [0, 0.05) is 13.1 Å². The Morgan fingerprint density at radius 1 is 1.53 bits per heavy atom. The summed E-state index contributed by atoms with van der Waals surface area (Å²) in [6.45, 7) is 8.55. The standard InChI is InChI=1S/C12H22BrN3O/c1-4-16-11(12(13)10(3)15-16)8-14-7-5-6-9(2)17/h9,14,17H,4-8H2,1-3H3. The van der Waals surface area contributed by atoms with E-state index in [1.54, 1.807) is 0 Å². The van der Waals surface area contributed by atoms with E-state index in [1.807, 2.05) is 18.5 Å². The summed E-state index contributed by atoms with van der Waals surface area (Å²) in [4.78, 5) is 0. The summed E-state index contributed by atoms with van der Waals surface area (Å²) in [5, 5.41) is 17.0.